The van der Waals surface area contributed by atoms with Crippen LogP contribution in [0, 0.1) is 5.82 Å². The number of benzene rings is 2. The van der Waals surface area contributed by atoms with Crippen molar-refractivity contribution < 1.29 is 22.4 Å². The first-order valence-corrected chi connectivity index (χ1v) is 9.63. The highest BCUT2D eigenvalue weighted by atomic mass is 32.2. The highest BCUT2D eigenvalue weighted by Crippen LogP contribution is 2.09. The van der Waals surface area contributed by atoms with Crippen LogP contribution in [0.3, 0.4) is 0 Å². The summed E-state index contributed by atoms with van der Waals surface area (Å²) < 4.78 is 39.2. The van der Waals surface area contributed by atoms with Gasteiger partial charge in [-0.25, -0.2) is 17.5 Å². The molecule has 0 spiro atoms. The van der Waals surface area contributed by atoms with E-state index in [1.54, 1.807) is 24.3 Å². The molecule has 0 aliphatic rings. The Morgan fingerprint density at radius 2 is 1.78 bits per heavy atom. The molecule has 9 heteroatoms. The van der Waals surface area contributed by atoms with Crippen molar-refractivity contribution in [1.29, 1.82) is 0 Å². The largest absolute Gasteiger partial charge is 0.355 e. The van der Waals surface area contributed by atoms with E-state index in [0.29, 0.717) is 5.56 Å². The number of sulfonamides is 1. The van der Waals surface area contributed by atoms with E-state index in [4.69, 9.17) is 0 Å². The topological polar surface area (TPSA) is 104 Å². The van der Waals surface area contributed by atoms with Crippen LogP contribution >= 0.6 is 0 Å². The lowest BCUT2D eigenvalue weighted by atomic mass is 10.1. The van der Waals surface area contributed by atoms with Crippen LogP contribution in [0.5, 0.6) is 0 Å². The average molecular weight is 393 g/mol. The lowest BCUT2D eigenvalue weighted by Gasteiger charge is -2.08. The highest BCUT2D eigenvalue weighted by molar-refractivity contribution is 7.89. The summed E-state index contributed by atoms with van der Waals surface area (Å²) in [5.41, 5.74) is 1.23. The van der Waals surface area contributed by atoms with Gasteiger partial charge in [-0.1, -0.05) is 12.1 Å². The second-order valence-corrected chi connectivity index (χ2v) is 7.42. The van der Waals surface area contributed by atoms with Gasteiger partial charge < -0.3 is 10.6 Å². The Morgan fingerprint density at radius 1 is 1.07 bits per heavy atom. The van der Waals surface area contributed by atoms with E-state index >= 15 is 0 Å². The molecule has 27 heavy (non-hydrogen) atoms. The van der Waals surface area contributed by atoms with Gasteiger partial charge in [-0.2, -0.15) is 0 Å². The molecule has 2 amide bonds. The van der Waals surface area contributed by atoms with Gasteiger partial charge in [-0.3, -0.25) is 9.59 Å². The van der Waals surface area contributed by atoms with Crippen molar-refractivity contribution in [3.63, 3.8) is 0 Å². The molecule has 0 bridgehead atoms. The van der Waals surface area contributed by atoms with Gasteiger partial charge in [-0.15, -0.1) is 0 Å². The van der Waals surface area contributed by atoms with Crippen molar-refractivity contribution in [2.24, 2.45) is 0 Å². The highest BCUT2D eigenvalue weighted by Gasteiger charge is 2.14. The van der Waals surface area contributed by atoms with Gasteiger partial charge in [0, 0.05) is 32.1 Å². The Balaban J connectivity index is 1.81. The molecule has 2 rings (SSSR count). The number of hydrogen-bond donors (Lipinski definition) is 3. The van der Waals surface area contributed by atoms with Crippen LogP contribution in [0.4, 0.5) is 4.39 Å². The normalized spacial score (nSPS) is 11.0. The number of hydrogen-bond acceptors (Lipinski definition) is 4. The standard InChI is InChI=1S/C18H20FN3O4S/c1-20-18(24)14-4-2-3-13(11-14)12-21-17(23)9-10-22-27(25,26)16-7-5-15(19)6-8-16/h2-8,11,22H,9-10,12H2,1H3,(H,20,24)(H,21,23). The Hall–Kier alpha value is -2.78. The van der Waals surface area contributed by atoms with Gasteiger partial charge in [0.1, 0.15) is 5.82 Å². The molecular formula is C18H20FN3O4S. The SMILES string of the molecule is CNC(=O)c1cccc(CNC(=O)CCNS(=O)(=O)c2ccc(F)cc2)c1. The molecule has 0 aliphatic carbocycles. The minimum atomic E-state index is -3.80. The number of amides is 2. The predicted molar refractivity (Wildman–Crippen MR) is 97.9 cm³/mol. The smallest absolute Gasteiger partial charge is 0.251 e. The summed E-state index contributed by atoms with van der Waals surface area (Å²) in [4.78, 5) is 23.4. The molecule has 144 valence electrons. The van der Waals surface area contributed by atoms with Gasteiger partial charge in [0.25, 0.3) is 5.91 Å². The molecule has 2 aromatic carbocycles. The quantitative estimate of drug-likeness (QED) is 0.626. The number of nitrogens with one attached hydrogen (secondary N) is 3. The van der Waals surface area contributed by atoms with Crippen molar-refractivity contribution in [2.75, 3.05) is 13.6 Å². The summed E-state index contributed by atoms with van der Waals surface area (Å²) in [6, 6.07) is 11.2. The predicted octanol–water partition coefficient (Wildman–Crippen LogP) is 1.17. The summed E-state index contributed by atoms with van der Waals surface area (Å²) in [7, 11) is -2.27. The monoisotopic (exact) mass is 393 g/mol. The maximum Gasteiger partial charge on any atom is 0.251 e. The Bertz CT molecular complexity index is 914. The van der Waals surface area contributed by atoms with Crippen LogP contribution in [0.25, 0.3) is 0 Å². The van der Waals surface area contributed by atoms with Crippen LogP contribution in [0.2, 0.25) is 0 Å². The van der Waals surface area contributed by atoms with Gasteiger partial charge >= 0.3 is 0 Å². The first-order valence-electron chi connectivity index (χ1n) is 8.15. The molecule has 0 saturated carbocycles. The summed E-state index contributed by atoms with van der Waals surface area (Å²) in [5.74, 6) is -1.10. The summed E-state index contributed by atoms with van der Waals surface area (Å²) in [6.45, 7) is 0.123. The molecule has 0 saturated heterocycles. The van der Waals surface area contributed by atoms with Crippen LogP contribution in [-0.4, -0.2) is 33.8 Å². The first kappa shape index (κ1) is 20.5. The van der Waals surface area contributed by atoms with Gasteiger partial charge in [0.2, 0.25) is 15.9 Å². The fourth-order valence-electron chi connectivity index (χ4n) is 2.25. The molecule has 0 atom stereocenters. The molecule has 0 unspecified atom stereocenters. The Morgan fingerprint density at radius 3 is 2.44 bits per heavy atom. The lowest BCUT2D eigenvalue weighted by Crippen LogP contribution is -2.30. The zero-order valence-electron chi connectivity index (χ0n) is 14.7. The summed E-state index contributed by atoms with van der Waals surface area (Å²) >= 11 is 0. The summed E-state index contributed by atoms with van der Waals surface area (Å²) in [5, 5.41) is 5.18. The van der Waals surface area contributed by atoms with Crippen LogP contribution in [-0.2, 0) is 21.4 Å². The van der Waals surface area contributed by atoms with Crippen molar-refractivity contribution in [1.82, 2.24) is 15.4 Å². The average Bonchev–Trinajstić information content (AvgIpc) is 2.66. The van der Waals surface area contributed by atoms with E-state index in [9.17, 15) is 22.4 Å². The van der Waals surface area contributed by atoms with Crippen molar-refractivity contribution in [2.45, 2.75) is 17.9 Å². The third-order valence-corrected chi connectivity index (χ3v) is 5.15. The fraction of sp³-hybridized carbons (Fsp3) is 0.222. The molecule has 0 fully saturated rings. The zero-order valence-corrected chi connectivity index (χ0v) is 15.5. The van der Waals surface area contributed by atoms with E-state index in [1.165, 1.54) is 7.05 Å². The van der Waals surface area contributed by atoms with Crippen LogP contribution in [0.15, 0.2) is 53.4 Å². The van der Waals surface area contributed by atoms with Crippen LogP contribution < -0.4 is 15.4 Å². The van der Waals surface area contributed by atoms with E-state index in [2.05, 4.69) is 15.4 Å². The van der Waals surface area contributed by atoms with Crippen LogP contribution in [0.1, 0.15) is 22.3 Å². The first-order chi connectivity index (χ1) is 12.8. The molecule has 0 aliphatic heterocycles. The molecular weight excluding hydrogens is 373 g/mol. The zero-order chi connectivity index (χ0) is 19.9. The minimum Gasteiger partial charge on any atom is -0.355 e. The Kier molecular flexibility index (Phi) is 7.03. The van der Waals surface area contributed by atoms with Crippen molar-refractivity contribution in [3.05, 3.63) is 65.5 Å². The molecule has 7 nitrogen and oxygen atoms in total. The van der Waals surface area contributed by atoms with Gasteiger partial charge in [-0.05, 0) is 42.0 Å². The minimum absolute atomic E-state index is 0.0600. The van der Waals surface area contributed by atoms with E-state index in [0.717, 1.165) is 29.8 Å². The molecule has 0 aromatic heterocycles. The molecule has 2 aromatic rings. The second kappa shape index (κ2) is 9.24. The maximum atomic E-state index is 12.9. The van der Waals surface area contributed by atoms with Gasteiger partial charge in [0.05, 0.1) is 4.90 Å². The van der Waals surface area contributed by atoms with E-state index < -0.39 is 15.8 Å². The second-order valence-electron chi connectivity index (χ2n) is 5.66. The lowest BCUT2D eigenvalue weighted by molar-refractivity contribution is -0.121. The van der Waals surface area contributed by atoms with Crippen molar-refractivity contribution >= 4 is 21.8 Å². The summed E-state index contributed by atoms with van der Waals surface area (Å²) in [6.07, 6.45) is -0.0600. The number of rotatable bonds is 8. The third kappa shape index (κ3) is 6.15. The number of halogens is 1. The van der Waals surface area contributed by atoms with E-state index in [-0.39, 0.29) is 36.2 Å². The van der Waals surface area contributed by atoms with E-state index in [1.807, 2.05) is 0 Å². The van der Waals surface area contributed by atoms with Crippen molar-refractivity contribution in [3.8, 4) is 0 Å². The number of carbonyl (C=O) groups is 2. The molecule has 0 radical (unpaired) electrons. The maximum absolute atomic E-state index is 12.9. The van der Waals surface area contributed by atoms with Gasteiger partial charge in [0.15, 0.2) is 0 Å². The fourth-order valence-corrected chi connectivity index (χ4v) is 3.28. The third-order valence-electron chi connectivity index (χ3n) is 3.67. The molecule has 3 N–H and O–H groups in total. The molecule has 0 heterocycles. The Labute approximate surface area is 157 Å². The number of carbonyl (C=O) groups excluding carboxylic acids is 2.